The van der Waals surface area contributed by atoms with Gasteiger partial charge in [0, 0.05) is 35.3 Å². The maximum absolute atomic E-state index is 13.1. The van der Waals surface area contributed by atoms with Crippen molar-refractivity contribution in [3.8, 4) is 0 Å². The molecule has 0 spiro atoms. The lowest BCUT2D eigenvalue weighted by atomic mass is 9.90. The smallest absolute Gasteiger partial charge is 0.256 e. The summed E-state index contributed by atoms with van der Waals surface area (Å²) >= 11 is 1.75. The molecule has 0 unspecified atom stereocenters. The second-order valence-corrected chi connectivity index (χ2v) is 9.18. The number of hydrogen-bond donors (Lipinski definition) is 1. The highest BCUT2D eigenvalue weighted by molar-refractivity contribution is 7.16. The molecule has 3 heterocycles. The molecule has 1 aliphatic carbocycles. The number of ether oxygens (including phenoxy) is 1. The van der Waals surface area contributed by atoms with Crippen LogP contribution in [0.2, 0.25) is 0 Å². The van der Waals surface area contributed by atoms with Crippen molar-refractivity contribution >= 4 is 22.2 Å². The number of aromatic nitrogens is 1. The Bertz CT molecular complexity index is 1030. The lowest BCUT2D eigenvalue weighted by molar-refractivity contribution is 0.0232. The van der Waals surface area contributed by atoms with Crippen molar-refractivity contribution in [2.45, 2.75) is 31.7 Å². The van der Waals surface area contributed by atoms with Crippen LogP contribution in [0.3, 0.4) is 0 Å². The number of fused-ring (bicyclic) bond motifs is 1. The van der Waals surface area contributed by atoms with Crippen LogP contribution in [0, 0.1) is 0 Å². The van der Waals surface area contributed by atoms with E-state index in [9.17, 15) is 4.79 Å². The summed E-state index contributed by atoms with van der Waals surface area (Å²) in [5, 5.41) is 4.24. The summed E-state index contributed by atoms with van der Waals surface area (Å²) in [5.74, 6) is -0.0535. The van der Waals surface area contributed by atoms with Crippen LogP contribution in [-0.2, 0) is 17.6 Å². The molecule has 1 N–H and O–H groups in total. The Hall–Kier alpha value is -2.54. The molecule has 5 rings (SSSR count). The number of thiophene rings is 1. The first-order valence-electron chi connectivity index (χ1n) is 11.0. The summed E-state index contributed by atoms with van der Waals surface area (Å²) < 4.78 is 5.64. The monoisotopic (exact) mass is 433 g/mol. The van der Waals surface area contributed by atoms with Gasteiger partial charge in [0.1, 0.15) is 5.00 Å². The van der Waals surface area contributed by atoms with Gasteiger partial charge < -0.3 is 10.1 Å². The number of morpholine rings is 1. The van der Waals surface area contributed by atoms with Gasteiger partial charge in [-0.15, -0.1) is 11.3 Å². The molecular weight excluding hydrogens is 406 g/mol. The predicted molar refractivity (Wildman–Crippen MR) is 124 cm³/mol. The van der Waals surface area contributed by atoms with Crippen LogP contribution in [0.25, 0.3) is 0 Å². The molecule has 160 valence electrons. The molecule has 2 aliphatic rings. The van der Waals surface area contributed by atoms with Crippen molar-refractivity contribution in [3.05, 3.63) is 82.0 Å². The Morgan fingerprint density at radius 2 is 1.81 bits per heavy atom. The average molecular weight is 434 g/mol. The number of rotatable bonds is 5. The number of carbonyl (C=O) groups is 1. The van der Waals surface area contributed by atoms with Gasteiger partial charge in [-0.3, -0.25) is 14.7 Å². The van der Waals surface area contributed by atoms with Gasteiger partial charge in [-0.1, -0.05) is 24.3 Å². The van der Waals surface area contributed by atoms with Crippen LogP contribution >= 0.6 is 11.3 Å². The first kappa shape index (κ1) is 20.4. The van der Waals surface area contributed by atoms with Gasteiger partial charge in [0.25, 0.3) is 5.91 Å². The van der Waals surface area contributed by atoms with E-state index in [1.807, 2.05) is 42.6 Å². The zero-order chi connectivity index (χ0) is 21.0. The largest absolute Gasteiger partial charge is 0.379 e. The molecular formula is C25H27N3O2S. The van der Waals surface area contributed by atoms with Crippen molar-refractivity contribution in [3.63, 3.8) is 0 Å². The van der Waals surface area contributed by atoms with E-state index in [-0.39, 0.29) is 11.9 Å². The van der Waals surface area contributed by atoms with Crippen LogP contribution < -0.4 is 5.32 Å². The summed E-state index contributed by atoms with van der Waals surface area (Å²) in [4.78, 5) is 21.7. The van der Waals surface area contributed by atoms with Gasteiger partial charge >= 0.3 is 0 Å². The number of hydrogen-bond acceptors (Lipinski definition) is 5. The molecule has 0 radical (unpaired) electrons. The summed E-state index contributed by atoms with van der Waals surface area (Å²) in [6.45, 7) is 3.17. The zero-order valence-electron chi connectivity index (χ0n) is 17.5. The quantitative estimate of drug-likeness (QED) is 0.634. The van der Waals surface area contributed by atoms with Crippen LogP contribution in [-0.4, -0.2) is 42.1 Å². The van der Waals surface area contributed by atoms with Crippen molar-refractivity contribution in [2.75, 3.05) is 31.6 Å². The molecule has 1 aromatic carbocycles. The molecule has 5 nitrogen and oxygen atoms in total. The van der Waals surface area contributed by atoms with Crippen LogP contribution in [0.1, 0.15) is 50.9 Å². The van der Waals surface area contributed by atoms with Gasteiger partial charge in [-0.2, -0.15) is 0 Å². The Morgan fingerprint density at radius 3 is 2.58 bits per heavy atom. The molecule has 31 heavy (non-hydrogen) atoms. The maximum atomic E-state index is 13.1. The first-order valence-corrected chi connectivity index (χ1v) is 11.9. The minimum absolute atomic E-state index is 0.0225. The Morgan fingerprint density at radius 1 is 1.03 bits per heavy atom. The van der Waals surface area contributed by atoms with E-state index >= 15 is 0 Å². The van der Waals surface area contributed by atoms with Gasteiger partial charge in [0.2, 0.25) is 0 Å². The number of aryl methyl sites for hydroxylation is 1. The molecule has 6 heteroatoms. The highest BCUT2D eigenvalue weighted by Gasteiger charge is 2.33. The minimum atomic E-state index is -0.0535. The molecule has 1 aliphatic heterocycles. The normalized spacial score (nSPS) is 17.7. The number of nitrogens with one attached hydrogen (secondary N) is 1. The van der Waals surface area contributed by atoms with E-state index in [0.717, 1.165) is 49.8 Å². The Balaban J connectivity index is 1.59. The fourth-order valence-corrected chi connectivity index (χ4v) is 5.94. The SMILES string of the molecule is O=C(Nc1sc2c(c1[C@H](c1ccccn1)N1CCOCC1)CCCC2)c1ccccc1. The van der Waals surface area contributed by atoms with Crippen molar-refractivity contribution in [1.82, 2.24) is 9.88 Å². The van der Waals surface area contributed by atoms with E-state index in [1.165, 1.54) is 28.8 Å². The van der Waals surface area contributed by atoms with Crippen molar-refractivity contribution in [1.29, 1.82) is 0 Å². The number of benzene rings is 1. The number of anilines is 1. The molecule has 1 atom stereocenters. The van der Waals surface area contributed by atoms with E-state index in [1.54, 1.807) is 11.3 Å². The second-order valence-electron chi connectivity index (χ2n) is 8.08. The molecule has 0 saturated carbocycles. The molecule has 2 aromatic heterocycles. The maximum Gasteiger partial charge on any atom is 0.256 e. The van der Waals surface area contributed by atoms with E-state index in [4.69, 9.17) is 9.72 Å². The van der Waals surface area contributed by atoms with Gasteiger partial charge in [-0.25, -0.2) is 0 Å². The highest BCUT2D eigenvalue weighted by Crippen LogP contribution is 2.45. The zero-order valence-corrected chi connectivity index (χ0v) is 18.4. The number of carbonyl (C=O) groups excluding carboxylic acids is 1. The molecule has 1 saturated heterocycles. The van der Waals surface area contributed by atoms with Crippen molar-refractivity contribution in [2.24, 2.45) is 0 Å². The number of nitrogens with zero attached hydrogens (tertiary/aromatic N) is 2. The standard InChI is InChI=1S/C25H27N3O2S/c29-24(18-8-2-1-3-9-18)27-25-22(19-10-4-5-12-21(19)31-25)23(20-11-6-7-13-26-20)28-14-16-30-17-15-28/h1-3,6-9,11,13,23H,4-5,10,12,14-17H2,(H,27,29)/t23-/m0/s1. The van der Waals surface area contributed by atoms with Gasteiger partial charge in [0.15, 0.2) is 0 Å². The molecule has 3 aromatic rings. The topological polar surface area (TPSA) is 54.5 Å². The van der Waals surface area contributed by atoms with Crippen LogP contribution in [0.15, 0.2) is 54.7 Å². The summed E-state index contributed by atoms with van der Waals surface area (Å²) in [5.41, 5.74) is 4.37. The summed E-state index contributed by atoms with van der Waals surface area (Å²) in [6.07, 6.45) is 6.43. The second kappa shape index (κ2) is 9.30. The summed E-state index contributed by atoms with van der Waals surface area (Å²) in [6, 6.07) is 15.6. The lowest BCUT2D eigenvalue weighted by Crippen LogP contribution is -2.40. The predicted octanol–water partition coefficient (Wildman–Crippen LogP) is 4.70. The third kappa shape index (κ3) is 4.28. The molecule has 1 amide bonds. The molecule has 0 bridgehead atoms. The molecule has 1 fully saturated rings. The third-order valence-corrected chi connectivity index (χ3v) is 7.35. The van der Waals surface area contributed by atoms with Crippen LogP contribution in [0.4, 0.5) is 5.00 Å². The minimum Gasteiger partial charge on any atom is -0.379 e. The van der Waals surface area contributed by atoms with Gasteiger partial charge in [-0.05, 0) is 55.5 Å². The first-order chi connectivity index (χ1) is 15.3. The Labute approximate surface area is 187 Å². The van der Waals surface area contributed by atoms with E-state index in [0.29, 0.717) is 5.56 Å². The summed E-state index contributed by atoms with van der Waals surface area (Å²) in [7, 11) is 0. The van der Waals surface area contributed by atoms with E-state index < -0.39 is 0 Å². The fourth-order valence-electron chi connectivity index (χ4n) is 4.63. The third-order valence-electron chi connectivity index (χ3n) is 6.13. The Kier molecular flexibility index (Phi) is 6.11. The van der Waals surface area contributed by atoms with E-state index in [2.05, 4.69) is 22.3 Å². The average Bonchev–Trinajstić information content (AvgIpc) is 3.19. The van der Waals surface area contributed by atoms with Gasteiger partial charge in [0.05, 0.1) is 24.9 Å². The number of amides is 1. The fraction of sp³-hybridized carbons (Fsp3) is 0.360. The number of pyridine rings is 1. The highest BCUT2D eigenvalue weighted by atomic mass is 32.1. The van der Waals surface area contributed by atoms with Crippen molar-refractivity contribution < 1.29 is 9.53 Å². The lowest BCUT2D eigenvalue weighted by Gasteiger charge is -2.35. The van der Waals surface area contributed by atoms with Crippen LogP contribution in [0.5, 0.6) is 0 Å².